The van der Waals surface area contributed by atoms with Crippen LogP contribution in [-0.2, 0) is 6.54 Å². The summed E-state index contributed by atoms with van der Waals surface area (Å²) in [5.41, 5.74) is 55.9. The zero-order chi connectivity index (χ0) is 89.7. The Labute approximate surface area is 746 Å². The summed E-state index contributed by atoms with van der Waals surface area (Å²) in [5, 5.41) is 35.9. The van der Waals surface area contributed by atoms with E-state index in [4.69, 9.17) is 51.0 Å². The molecule has 12 aromatic heterocycles. The molecule has 0 fully saturated rings. The molecular weight excluding hydrogens is 1650 g/mol. The van der Waals surface area contributed by atoms with Gasteiger partial charge in [-0.15, -0.1) is 0 Å². The molecular formula is C99H75ClN28O2. The molecule has 0 spiro atoms. The topological polar surface area (TPSA) is 482 Å². The lowest BCUT2D eigenvalue weighted by molar-refractivity contribution is 0.0945. The largest absolute Gasteiger partial charge is 0.382 e. The first kappa shape index (κ1) is 83.9. The second kappa shape index (κ2) is 37.8. The summed E-state index contributed by atoms with van der Waals surface area (Å²) < 4.78 is 1.66. The Hall–Kier alpha value is -18.4. The highest BCUT2D eigenvalue weighted by atomic mass is 35.5. The Morgan fingerprint density at radius 1 is 0.392 bits per heavy atom. The number of hydrogen-bond donors (Lipinski definition) is 9. The number of nitrogens with one attached hydrogen (secondary N) is 3. The lowest BCUT2D eigenvalue weighted by Crippen LogP contribution is -2.26. The summed E-state index contributed by atoms with van der Waals surface area (Å²) in [6, 6.07) is 87.2. The van der Waals surface area contributed by atoms with E-state index in [0.29, 0.717) is 62.3 Å². The van der Waals surface area contributed by atoms with Gasteiger partial charge in [0.25, 0.3) is 11.8 Å². The van der Waals surface area contributed by atoms with Crippen molar-refractivity contribution in [2.75, 3.05) is 28.7 Å². The number of aromatic nitrogens is 20. The minimum atomic E-state index is -0.710. The molecule has 31 heteroatoms. The normalized spacial score (nSPS) is 10.8. The third-order valence-corrected chi connectivity index (χ3v) is 20.8. The summed E-state index contributed by atoms with van der Waals surface area (Å²) in [5.74, 6) is 0.395. The zero-order valence-electron chi connectivity index (χ0n) is 69.4. The van der Waals surface area contributed by atoms with Crippen molar-refractivity contribution in [2.45, 2.75) is 20.4 Å². The highest BCUT2D eigenvalue weighted by Gasteiger charge is 2.24. The Morgan fingerprint density at radius 3 is 1.37 bits per heavy atom. The quantitative estimate of drug-likeness (QED) is 0.0488. The summed E-state index contributed by atoms with van der Waals surface area (Å²) >= 11 is 6.39. The van der Waals surface area contributed by atoms with Crippen LogP contribution in [0.4, 0.5) is 29.1 Å². The van der Waals surface area contributed by atoms with Crippen LogP contribution in [0.25, 0.3) is 162 Å². The fourth-order valence-electron chi connectivity index (χ4n) is 14.3. The first-order chi connectivity index (χ1) is 63.4. The number of aromatic amines is 2. The minimum absolute atomic E-state index is 0.0163. The van der Waals surface area contributed by atoms with E-state index in [0.717, 1.165) is 133 Å². The first-order valence-electron chi connectivity index (χ1n) is 40.4. The average Bonchev–Trinajstić information content (AvgIpc) is 0.801. The molecule has 2 amide bonds. The van der Waals surface area contributed by atoms with Crippen LogP contribution in [0.5, 0.6) is 0 Å². The van der Waals surface area contributed by atoms with E-state index in [-0.39, 0.29) is 41.1 Å². The fraction of sp³-hybridized carbons (Fsp3) is 0.0303. The molecule has 12 heterocycles. The molecule has 30 nitrogen and oxygen atoms in total. The van der Waals surface area contributed by atoms with Crippen LogP contribution < -0.4 is 39.7 Å². The van der Waals surface area contributed by atoms with Crippen LogP contribution in [0.1, 0.15) is 43.8 Å². The number of benzene rings is 9. The number of primary amides is 1. The number of aryl methyl sites for hydroxylation is 2. The van der Waals surface area contributed by atoms with Gasteiger partial charge in [-0.1, -0.05) is 181 Å². The average molecular weight is 1720 g/mol. The van der Waals surface area contributed by atoms with Crippen molar-refractivity contribution in [1.82, 2.24) is 105 Å². The van der Waals surface area contributed by atoms with E-state index in [9.17, 15) is 14.9 Å². The second-order valence-electron chi connectivity index (χ2n) is 29.4. The number of nitriles is 1. The van der Waals surface area contributed by atoms with E-state index < -0.39 is 11.8 Å². The van der Waals surface area contributed by atoms with Gasteiger partial charge in [0.15, 0.2) is 40.4 Å². The first-order valence-corrected chi connectivity index (χ1v) is 40.8. The Kier molecular flexibility index (Phi) is 24.4. The number of halogens is 1. The minimum Gasteiger partial charge on any atom is -0.382 e. The number of nitrogens with zero attached hydrogens (tertiary/aromatic N) is 19. The monoisotopic (exact) mass is 1720 g/mol. The molecule has 15 N–H and O–H groups in total. The maximum Gasteiger partial charge on any atom is 0.274 e. The summed E-state index contributed by atoms with van der Waals surface area (Å²) in [6.45, 7) is 4.08. The van der Waals surface area contributed by atoms with E-state index >= 15 is 0 Å². The van der Waals surface area contributed by atoms with Crippen LogP contribution in [0.15, 0.2) is 316 Å². The number of hydrogen-bond acceptors (Lipinski definition) is 25. The Bertz CT molecular complexity index is 7830. The Morgan fingerprint density at radius 2 is 0.846 bits per heavy atom. The van der Waals surface area contributed by atoms with Gasteiger partial charge in [0.05, 0.1) is 121 Å². The highest BCUT2D eigenvalue weighted by molar-refractivity contribution is 6.35. The van der Waals surface area contributed by atoms with Gasteiger partial charge >= 0.3 is 0 Å². The number of H-pyrrole nitrogens is 2. The van der Waals surface area contributed by atoms with Gasteiger partial charge in [0.1, 0.15) is 23.4 Å². The number of carbonyl (C=O) groups is 2. The smallest absolute Gasteiger partial charge is 0.274 e. The molecule has 21 aromatic rings. The van der Waals surface area contributed by atoms with E-state index in [1.165, 1.54) is 6.20 Å². The molecule has 0 aliphatic rings. The molecule has 630 valence electrons. The number of amides is 2. The number of rotatable bonds is 14. The molecule has 0 saturated heterocycles. The third kappa shape index (κ3) is 18.8. The number of pyridine rings is 4. The predicted molar refractivity (Wildman–Crippen MR) is 507 cm³/mol. The lowest BCUT2D eigenvalue weighted by atomic mass is 10.0. The van der Waals surface area contributed by atoms with Gasteiger partial charge < -0.3 is 39.7 Å². The van der Waals surface area contributed by atoms with E-state index in [1.54, 1.807) is 41.9 Å². The van der Waals surface area contributed by atoms with Crippen LogP contribution in [-0.4, -0.2) is 112 Å². The van der Waals surface area contributed by atoms with Crippen LogP contribution in [0.3, 0.4) is 0 Å². The number of anilines is 5. The van der Waals surface area contributed by atoms with Gasteiger partial charge in [-0.3, -0.25) is 44.7 Å². The number of nitrogen functional groups attached to an aromatic ring is 5. The van der Waals surface area contributed by atoms with Gasteiger partial charge in [0.2, 0.25) is 0 Å². The molecule has 0 saturated carbocycles. The molecule has 130 heavy (non-hydrogen) atoms. The maximum atomic E-state index is 13.0. The molecule has 9 aromatic carbocycles. The van der Waals surface area contributed by atoms with Crippen molar-refractivity contribution in [3.63, 3.8) is 0 Å². The standard InChI is InChI=1S/C27H22N6O.C20H15N5O.C18H12N6.C17H13ClN6.C17H13N5/c1-17-7-5-11-21(31-17)16-30-27(34)25-26(28)33-23(18-8-3-2-4-9-18)24(32-25)20-12-13-22-19(15-20)10-6-14-29-22;21-19-18(20(22)26)24-17(16(25-19)12-5-2-1-3-6-12)14-8-9-15-13(11-14)7-4-10-23-15;19-9-15-18(20)23-16(11-4-2-1-3-5-11)17(22-15)12-6-7-14-13(8-12)10-21-24-14;1-10-4-6-24(23-10)17-16(21-9-14(19)22-17)12-7-11-3-2-5-20-15(11)13(18)8-12;18-15-10-19-16(17(21-15)11-4-2-1-3-5-11)12-6-7-14-13(8-12)9-20-22-14/h2-15H,16H2,1H3,(H2,28,33)(H,30,34);1-11H,(H2,21,25)(H2,22,26);1-8,10H,(H2,20,23)(H,21,24);2-9H,1H3,(H2,19,22);1-10H,(H2,18,21)(H,20,22). The molecule has 0 aliphatic heterocycles. The van der Waals surface area contributed by atoms with Crippen LogP contribution in [0, 0.1) is 25.2 Å². The predicted octanol–water partition coefficient (Wildman–Crippen LogP) is 17.4. The van der Waals surface area contributed by atoms with Crippen molar-refractivity contribution < 1.29 is 9.59 Å². The SMILES string of the molecule is Cc1cccc(CNC(=O)c2nc(-c3ccc4ncccc4c3)c(-c3ccccc3)nc2N)n1.Cc1ccn(-c2nc(N)cnc2-c2cc(Cl)c3ncccc3c2)n1.N#Cc1nc(-c2ccc3[nH]ncc3c2)c(-c2ccccc2)nc1N.NC(=O)c1nc(-c2ccc3ncccc3c2)c(-c2ccccc2)nc1N.Nc1cnc(-c2ccc3[nH]ncc3c2)c(-c2ccccc2)n1. The summed E-state index contributed by atoms with van der Waals surface area (Å²) in [7, 11) is 0. The molecule has 0 atom stereocenters. The van der Waals surface area contributed by atoms with Crippen molar-refractivity contribution >= 4 is 107 Å². The second-order valence-corrected chi connectivity index (χ2v) is 29.8. The number of fused-ring (bicyclic) bond motifs is 5. The molecule has 21 rings (SSSR count). The van der Waals surface area contributed by atoms with Crippen molar-refractivity contribution in [3.8, 4) is 113 Å². The Balaban J connectivity index is 0.000000115. The third-order valence-electron chi connectivity index (χ3n) is 20.5. The summed E-state index contributed by atoms with van der Waals surface area (Å²) in [4.78, 5) is 87.1. The van der Waals surface area contributed by atoms with Crippen LogP contribution >= 0.6 is 11.6 Å². The summed E-state index contributed by atoms with van der Waals surface area (Å²) in [6.07, 6.45) is 13.7. The van der Waals surface area contributed by atoms with Gasteiger partial charge in [-0.2, -0.15) is 20.6 Å². The van der Waals surface area contributed by atoms with Crippen molar-refractivity contribution in [3.05, 3.63) is 356 Å². The van der Waals surface area contributed by atoms with E-state index in [2.05, 4.69) is 95.6 Å². The number of nitrogens with two attached hydrogens (primary N) is 6. The molecule has 0 bridgehead atoms. The zero-order valence-corrected chi connectivity index (χ0v) is 70.1. The number of carbonyl (C=O) groups excluding carboxylic acids is 2. The van der Waals surface area contributed by atoms with Crippen molar-refractivity contribution in [2.24, 2.45) is 5.73 Å². The van der Waals surface area contributed by atoms with Crippen LogP contribution in [0.2, 0.25) is 5.02 Å². The maximum absolute atomic E-state index is 13.0. The van der Waals surface area contributed by atoms with Gasteiger partial charge in [0, 0.05) is 107 Å². The lowest BCUT2D eigenvalue weighted by Gasteiger charge is -2.13. The van der Waals surface area contributed by atoms with Gasteiger partial charge in [-0.25, -0.2) is 49.5 Å². The highest BCUT2D eigenvalue weighted by Crippen LogP contribution is 2.39. The van der Waals surface area contributed by atoms with Crippen molar-refractivity contribution in [1.29, 1.82) is 5.26 Å². The molecule has 0 radical (unpaired) electrons. The van der Waals surface area contributed by atoms with Gasteiger partial charge in [-0.05, 0) is 111 Å². The molecule has 0 unspecified atom stereocenters. The molecule has 0 aliphatic carbocycles. The van der Waals surface area contributed by atoms with E-state index in [1.807, 2.05) is 293 Å². The fourth-order valence-corrected chi connectivity index (χ4v) is 14.6.